The van der Waals surface area contributed by atoms with E-state index in [1.165, 1.54) is 36.9 Å². The predicted molar refractivity (Wildman–Crippen MR) is 106 cm³/mol. The fourth-order valence-electron chi connectivity index (χ4n) is 3.06. The van der Waals surface area contributed by atoms with Crippen molar-refractivity contribution in [3.63, 3.8) is 0 Å². The van der Waals surface area contributed by atoms with Crippen LogP contribution in [0.3, 0.4) is 0 Å². The molecule has 0 saturated carbocycles. The van der Waals surface area contributed by atoms with Gasteiger partial charge in [-0.3, -0.25) is 0 Å². The van der Waals surface area contributed by atoms with Crippen molar-refractivity contribution < 1.29 is 13.7 Å². The molecule has 4 rings (SSSR count). The third-order valence-electron chi connectivity index (χ3n) is 4.60. The molecule has 4 heteroatoms. The standard InChI is InChI=1S/C11H15NO.C11H14NO/c2*1-2-3-8-12-9-13-11-7-5-4-6-10(11)12/h4-7H,2-3,8-9H2,1H3;4-7,9H,2-3,8H2,1H3/q;+1. The van der Waals surface area contributed by atoms with Crippen LogP contribution >= 0.6 is 0 Å². The first-order valence-electron chi connectivity index (χ1n) is 9.66. The first kappa shape index (κ1) is 18.3. The smallest absolute Gasteiger partial charge is 0.335 e. The van der Waals surface area contributed by atoms with Crippen molar-refractivity contribution in [3.8, 4) is 5.75 Å². The SMILES string of the molecule is CCCCN1COc2ccccc21.CCCC[n+]1coc2ccccc21. The number of nitrogens with zero attached hydrogens (tertiary/aromatic N) is 2. The first-order valence-corrected chi connectivity index (χ1v) is 9.66. The van der Waals surface area contributed by atoms with Gasteiger partial charge in [-0.05, 0) is 24.6 Å². The maximum absolute atomic E-state index is 5.53. The number of aryl methyl sites for hydroxylation is 1. The summed E-state index contributed by atoms with van der Waals surface area (Å²) in [6.07, 6.45) is 6.69. The van der Waals surface area contributed by atoms with Crippen molar-refractivity contribution in [3.05, 3.63) is 54.9 Å². The summed E-state index contributed by atoms with van der Waals surface area (Å²) in [5, 5.41) is 0. The van der Waals surface area contributed by atoms with Gasteiger partial charge in [-0.2, -0.15) is 4.57 Å². The van der Waals surface area contributed by atoms with E-state index in [1.807, 2.05) is 30.3 Å². The Hall–Kier alpha value is -2.49. The fourth-order valence-corrected chi connectivity index (χ4v) is 3.06. The van der Waals surface area contributed by atoms with Crippen molar-refractivity contribution in [1.82, 2.24) is 0 Å². The molecule has 0 bridgehead atoms. The Balaban J connectivity index is 0.000000151. The lowest BCUT2D eigenvalue weighted by molar-refractivity contribution is -0.676. The van der Waals surface area contributed by atoms with Crippen LogP contribution in [-0.4, -0.2) is 13.3 Å². The van der Waals surface area contributed by atoms with E-state index in [9.17, 15) is 0 Å². The lowest BCUT2D eigenvalue weighted by Crippen LogP contribution is -2.31. The summed E-state index contributed by atoms with van der Waals surface area (Å²) in [4.78, 5) is 2.29. The molecule has 2 aromatic carbocycles. The van der Waals surface area contributed by atoms with Gasteiger partial charge in [0, 0.05) is 19.0 Å². The van der Waals surface area contributed by atoms with E-state index < -0.39 is 0 Å². The monoisotopic (exact) mass is 353 g/mol. The number of hydrogen-bond acceptors (Lipinski definition) is 3. The summed E-state index contributed by atoms with van der Waals surface area (Å²) in [6, 6.07) is 16.4. The molecule has 0 amide bonds. The molecule has 1 aliphatic heterocycles. The molecule has 0 radical (unpaired) electrons. The Kier molecular flexibility index (Phi) is 6.53. The molecule has 0 N–H and O–H groups in total. The molecule has 3 aromatic rings. The molecule has 0 unspecified atom stereocenters. The third-order valence-corrected chi connectivity index (χ3v) is 4.60. The second-order valence-electron chi connectivity index (χ2n) is 6.60. The molecule has 0 fully saturated rings. The van der Waals surface area contributed by atoms with E-state index in [2.05, 4.69) is 41.5 Å². The van der Waals surface area contributed by atoms with Crippen LogP contribution in [0.1, 0.15) is 39.5 Å². The number of rotatable bonds is 6. The number of aromatic nitrogens is 1. The minimum Gasteiger partial charge on any atom is -0.471 e. The maximum Gasteiger partial charge on any atom is 0.335 e. The Labute approximate surface area is 156 Å². The van der Waals surface area contributed by atoms with Gasteiger partial charge in [0.2, 0.25) is 5.58 Å². The maximum atomic E-state index is 5.53. The average Bonchev–Trinajstić information content (AvgIpc) is 3.29. The van der Waals surface area contributed by atoms with Crippen LogP contribution in [0.4, 0.5) is 5.69 Å². The molecule has 26 heavy (non-hydrogen) atoms. The van der Waals surface area contributed by atoms with E-state index in [-0.39, 0.29) is 0 Å². The van der Waals surface area contributed by atoms with Gasteiger partial charge in [0.1, 0.15) is 5.75 Å². The number of unbranched alkanes of at least 4 members (excludes halogenated alkanes) is 2. The van der Waals surface area contributed by atoms with Gasteiger partial charge in [-0.15, -0.1) is 0 Å². The van der Waals surface area contributed by atoms with Gasteiger partial charge in [-0.25, -0.2) is 0 Å². The summed E-state index contributed by atoms with van der Waals surface area (Å²) in [5.41, 5.74) is 3.41. The topological polar surface area (TPSA) is 29.5 Å². The van der Waals surface area contributed by atoms with Crippen LogP contribution in [0.5, 0.6) is 5.75 Å². The van der Waals surface area contributed by atoms with Crippen LogP contribution in [0.2, 0.25) is 0 Å². The zero-order valence-corrected chi connectivity index (χ0v) is 15.9. The van der Waals surface area contributed by atoms with Gasteiger partial charge in [0.15, 0.2) is 13.3 Å². The number of hydrogen-bond donors (Lipinski definition) is 0. The number of fused-ring (bicyclic) bond motifs is 2. The summed E-state index contributed by atoms with van der Waals surface area (Å²) in [5.74, 6) is 1.03. The summed E-state index contributed by atoms with van der Waals surface area (Å²) >= 11 is 0. The molecule has 0 atom stereocenters. The zero-order chi connectivity index (χ0) is 18.2. The minimum atomic E-state index is 0.722. The largest absolute Gasteiger partial charge is 0.471 e. The molecule has 1 aliphatic rings. The molecule has 2 heterocycles. The summed E-state index contributed by atoms with van der Waals surface area (Å²) in [7, 11) is 0. The fraction of sp³-hybridized carbons (Fsp3) is 0.409. The van der Waals surface area contributed by atoms with E-state index in [0.29, 0.717) is 0 Å². The molecule has 0 saturated heterocycles. The van der Waals surface area contributed by atoms with Crippen LogP contribution < -0.4 is 14.2 Å². The molecule has 0 spiro atoms. The predicted octanol–water partition coefficient (Wildman–Crippen LogP) is 5.16. The second-order valence-corrected chi connectivity index (χ2v) is 6.60. The third kappa shape index (κ3) is 4.37. The van der Waals surface area contributed by atoms with Gasteiger partial charge in [0.25, 0.3) is 5.52 Å². The number of anilines is 1. The van der Waals surface area contributed by atoms with E-state index in [1.54, 1.807) is 6.39 Å². The Morgan fingerprint density at radius 1 is 0.962 bits per heavy atom. The lowest BCUT2D eigenvalue weighted by Gasteiger charge is -2.15. The van der Waals surface area contributed by atoms with Crippen molar-refractivity contribution in [2.24, 2.45) is 0 Å². The highest BCUT2D eigenvalue weighted by atomic mass is 16.5. The minimum absolute atomic E-state index is 0.722. The van der Waals surface area contributed by atoms with Crippen LogP contribution in [-0.2, 0) is 6.54 Å². The molecular formula is C22H29N2O2+. The summed E-state index contributed by atoms with van der Waals surface area (Å²) < 4.78 is 13.1. The average molecular weight is 353 g/mol. The van der Waals surface area contributed by atoms with Gasteiger partial charge in [-0.1, -0.05) is 51.0 Å². The van der Waals surface area contributed by atoms with Gasteiger partial charge < -0.3 is 14.1 Å². The Bertz CT molecular complexity index is 813. The highest BCUT2D eigenvalue weighted by Crippen LogP contribution is 2.33. The van der Waals surface area contributed by atoms with Gasteiger partial charge >= 0.3 is 6.39 Å². The molecule has 4 nitrogen and oxygen atoms in total. The van der Waals surface area contributed by atoms with E-state index in [0.717, 1.165) is 31.2 Å². The van der Waals surface area contributed by atoms with E-state index >= 15 is 0 Å². The Morgan fingerprint density at radius 2 is 1.73 bits per heavy atom. The highest BCUT2D eigenvalue weighted by molar-refractivity contribution is 5.67. The highest BCUT2D eigenvalue weighted by Gasteiger charge is 2.18. The van der Waals surface area contributed by atoms with Crippen LogP contribution in [0.15, 0.2) is 59.3 Å². The number of ether oxygens (including phenoxy) is 1. The quantitative estimate of drug-likeness (QED) is 0.573. The second kappa shape index (κ2) is 9.27. The van der Waals surface area contributed by atoms with Crippen molar-refractivity contribution >= 4 is 16.8 Å². The van der Waals surface area contributed by atoms with Gasteiger partial charge in [0.05, 0.1) is 5.69 Å². The van der Waals surface area contributed by atoms with E-state index in [4.69, 9.17) is 9.15 Å². The lowest BCUT2D eigenvalue weighted by atomic mass is 10.2. The molecular weight excluding hydrogens is 324 g/mol. The number of oxazole rings is 1. The van der Waals surface area contributed by atoms with Crippen LogP contribution in [0, 0.1) is 0 Å². The van der Waals surface area contributed by atoms with Crippen molar-refractivity contribution in [1.29, 1.82) is 0 Å². The normalized spacial score (nSPS) is 12.5. The zero-order valence-electron chi connectivity index (χ0n) is 15.9. The Morgan fingerprint density at radius 3 is 2.58 bits per heavy atom. The first-order chi connectivity index (χ1) is 12.8. The number of para-hydroxylation sites is 4. The van der Waals surface area contributed by atoms with Crippen molar-refractivity contribution in [2.45, 2.75) is 46.1 Å². The molecule has 1 aromatic heterocycles. The van der Waals surface area contributed by atoms with Crippen molar-refractivity contribution in [2.75, 3.05) is 18.2 Å². The number of benzene rings is 2. The summed E-state index contributed by atoms with van der Waals surface area (Å²) in [6.45, 7) is 7.28. The molecule has 0 aliphatic carbocycles. The van der Waals surface area contributed by atoms with Crippen LogP contribution in [0.25, 0.3) is 11.1 Å². The molecule has 138 valence electrons.